The molecule has 0 aliphatic rings. The summed E-state index contributed by atoms with van der Waals surface area (Å²) in [6.07, 6.45) is 0.319. The van der Waals surface area contributed by atoms with E-state index in [0.717, 1.165) is 11.3 Å². The molecule has 0 radical (unpaired) electrons. The molecule has 4 nitrogen and oxygen atoms in total. The maximum atomic E-state index is 13.8. The number of halogens is 1. The van der Waals surface area contributed by atoms with Crippen LogP contribution in [0.5, 0.6) is 0 Å². The van der Waals surface area contributed by atoms with Gasteiger partial charge in [0.1, 0.15) is 0 Å². The van der Waals surface area contributed by atoms with Crippen molar-refractivity contribution in [2.24, 2.45) is 0 Å². The zero-order valence-corrected chi connectivity index (χ0v) is 11.8. The number of carbonyl (C=O) groups is 1. The van der Waals surface area contributed by atoms with Gasteiger partial charge in [-0.05, 0) is 18.6 Å². The molecule has 7 heteroatoms. The molecule has 1 heterocycles. The van der Waals surface area contributed by atoms with E-state index in [1.165, 1.54) is 0 Å². The van der Waals surface area contributed by atoms with Crippen molar-refractivity contribution in [3.8, 4) is 0 Å². The van der Waals surface area contributed by atoms with Crippen LogP contribution in [0.3, 0.4) is 0 Å². The van der Waals surface area contributed by atoms with Gasteiger partial charge in [0.05, 0.1) is 10.2 Å². The lowest BCUT2D eigenvalue weighted by Crippen LogP contribution is -2.25. The number of rotatable bonds is 5. The Hall–Kier alpha value is -1.34. The molecule has 19 heavy (non-hydrogen) atoms. The largest absolute Gasteiger partial charge is 0.295 e. The minimum Gasteiger partial charge on any atom is -0.295 e. The standard InChI is InChI=1S/C12H12FNO3S2/c1-2-5-9(15)11(13)19(16,17)12-14-8-6-3-4-7-10(8)18-12/h3-4,6-7,11H,2,5H2,1H3. The molecule has 0 saturated carbocycles. The molecule has 1 aromatic carbocycles. The molecule has 0 saturated heterocycles. The topological polar surface area (TPSA) is 64.1 Å². The minimum atomic E-state index is -4.33. The van der Waals surface area contributed by atoms with Crippen LogP contribution in [0.25, 0.3) is 10.2 Å². The van der Waals surface area contributed by atoms with E-state index in [2.05, 4.69) is 4.98 Å². The molecule has 0 bridgehead atoms. The van der Waals surface area contributed by atoms with Crippen molar-refractivity contribution < 1.29 is 17.6 Å². The first kappa shape index (κ1) is 14.1. The van der Waals surface area contributed by atoms with Crippen molar-refractivity contribution in [3.05, 3.63) is 24.3 Å². The highest BCUT2D eigenvalue weighted by Crippen LogP contribution is 2.28. The third kappa shape index (κ3) is 2.66. The van der Waals surface area contributed by atoms with Gasteiger partial charge >= 0.3 is 0 Å². The van der Waals surface area contributed by atoms with E-state index in [1.807, 2.05) is 0 Å². The third-order valence-electron chi connectivity index (χ3n) is 2.54. The van der Waals surface area contributed by atoms with E-state index >= 15 is 0 Å². The van der Waals surface area contributed by atoms with E-state index in [-0.39, 0.29) is 10.8 Å². The second-order valence-corrected chi connectivity index (χ2v) is 7.20. The van der Waals surface area contributed by atoms with E-state index in [9.17, 15) is 17.6 Å². The lowest BCUT2D eigenvalue weighted by Gasteiger charge is -2.05. The molecule has 0 N–H and O–H groups in total. The Labute approximate surface area is 114 Å². The molecule has 0 amide bonds. The number of ketones is 1. The summed E-state index contributed by atoms with van der Waals surface area (Å²) in [6, 6.07) is 6.80. The Balaban J connectivity index is 2.41. The number of carbonyl (C=O) groups excluding carboxylic acids is 1. The first-order valence-electron chi connectivity index (χ1n) is 5.73. The maximum absolute atomic E-state index is 13.8. The Morgan fingerprint density at radius 2 is 2.11 bits per heavy atom. The summed E-state index contributed by atoms with van der Waals surface area (Å²) in [4.78, 5) is 15.3. The molecule has 0 aliphatic heterocycles. The van der Waals surface area contributed by atoms with Gasteiger partial charge in [0.15, 0.2) is 5.78 Å². The molecule has 102 valence electrons. The van der Waals surface area contributed by atoms with Crippen LogP contribution in [0.4, 0.5) is 4.39 Å². The van der Waals surface area contributed by atoms with Crippen molar-refractivity contribution in [2.75, 3.05) is 0 Å². The van der Waals surface area contributed by atoms with E-state index in [1.54, 1.807) is 31.2 Å². The number of nitrogens with zero attached hydrogens (tertiary/aromatic N) is 1. The van der Waals surface area contributed by atoms with Crippen LogP contribution in [0.15, 0.2) is 28.6 Å². The number of hydrogen-bond donors (Lipinski definition) is 0. The van der Waals surface area contributed by atoms with Gasteiger partial charge in [0.2, 0.25) is 14.2 Å². The van der Waals surface area contributed by atoms with Crippen molar-refractivity contribution in [2.45, 2.75) is 29.6 Å². The summed E-state index contributed by atoms with van der Waals surface area (Å²) in [5, 5.41) is 0. The SMILES string of the molecule is CCCC(=O)C(F)S(=O)(=O)c1nc2ccccc2s1. The number of para-hydroxylation sites is 1. The summed E-state index contributed by atoms with van der Waals surface area (Å²) in [7, 11) is -4.33. The Morgan fingerprint density at radius 1 is 1.42 bits per heavy atom. The second-order valence-electron chi connectivity index (χ2n) is 4.02. The molecule has 0 fully saturated rings. The van der Waals surface area contributed by atoms with E-state index in [4.69, 9.17) is 0 Å². The van der Waals surface area contributed by atoms with Gasteiger partial charge in [0.25, 0.3) is 5.50 Å². The highest BCUT2D eigenvalue weighted by molar-refractivity contribution is 7.94. The first-order valence-corrected chi connectivity index (χ1v) is 8.09. The summed E-state index contributed by atoms with van der Waals surface area (Å²) < 4.78 is 38.1. The summed E-state index contributed by atoms with van der Waals surface area (Å²) in [6.45, 7) is 1.69. The van der Waals surface area contributed by atoms with Gasteiger partial charge in [-0.3, -0.25) is 4.79 Å². The molecule has 1 atom stereocenters. The number of hydrogen-bond acceptors (Lipinski definition) is 5. The lowest BCUT2D eigenvalue weighted by molar-refractivity contribution is -0.121. The van der Waals surface area contributed by atoms with Crippen molar-refractivity contribution >= 4 is 37.2 Å². The van der Waals surface area contributed by atoms with Gasteiger partial charge in [0, 0.05) is 6.42 Å². The Morgan fingerprint density at radius 3 is 2.74 bits per heavy atom. The number of benzene rings is 1. The average Bonchev–Trinajstić information content (AvgIpc) is 2.82. The molecular weight excluding hydrogens is 289 g/mol. The zero-order chi connectivity index (χ0) is 14.0. The second kappa shape index (κ2) is 5.34. The van der Waals surface area contributed by atoms with E-state index < -0.39 is 21.1 Å². The fourth-order valence-electron chi connectivity index (χ4n) is 1.59. The minimum absolute atomic E-state index is 0.0920. The van der Waals surface area contributed by atoms with Crippen molar-refractivity contribution in [1.29, 1.82) is 0 Å². The number of fused-ring (bicyclic) bond motifs is 1. The average molecular weight is 301 g/mol. The number of Topliss-reactive ketones (excluding diaryl/α,β-unsaturated/α-hetero) is 1. The fourth-order valence-corrected chi connectivity index (χ4v) is 4.15. The Bertz CT molecular complexity index is 676. The number of aromatic nitrogens is 1. The highest BCUT2D eigenvalue weighted by Gasteiger charge is 2.35. The zero-order valence-electron chi connectivity index (χ0n) is 10.2. The van der Waals surface area contributed by atoms with Crippen LogP contribution < -0.4 is 0 Å². The molecule has 2 aromatic rings. The molecule has 1 aromatic heterocycles. The van der Waals surface area contributed by atoms with Crippen LogP contribution in [0.1, 0.15) is 19.8 Å². The van der Waals surface area contributed by atoms with E-state index in [0.29, 0.717) is 16.6 Å². The first-order chi connectivity index (χ1) is 8.96. The maximum Gasteiger partial charge on any atom is 0.265 e. The Kier molecular flexibility index (Phi) is 3.96. The molecule has 0 spiro atoms. The highest BCUT2D eigenvalue weighted by atomic mass is 32.2. The molecule has 2 rings (SSSR count). The third-order valence-corrected chi connectivity index (χ3v) is 5.70. The molecule has 0 aliphatic carbocycles. The number of alkyl halides is 1. The summed E-state index contributed by atoms with van der Waals surface area (Å²) in [5.74, 6) is -0.915. The number of thiazole rings is 1. The lowest BCUT2D eigenvalue weighted by atomic mass is 10.2. The number of sulfone groups is 1. The predicted molar refractivity (Wildman–Crippen MR) is 71.6 cm³/mol. The quantitative estimate of drug-likeness (QED) is 0.852. The van der Waals surface area contributed by atoms with Gasteiger partial charge in [-0.25, -0.2) is 17.8 Å². The van der Waals surface area contributed by atoms with Crippen LogP contribution in [0.2, 0.25) is 0 Å². The van der Waals surface area contributed by atoms with Crippen molar-refractivity contribution in [1.82, 2.24) is 4.98 Å². The summed E-state index contributed by atoms with van der Waals surface area (Å²) >= 11 is 0.877. The van der Waals surface area contributed by atoms with Gasteiger partial charge < -0.3 is 0 Å². The smallest absolute Gasteiger partial charge is 0.265 e. The van der Waals surface area contributed by atoms with Crippen LogP contribution in [-0.4, -0.2) is 24.7 Å². The molecular formula is C12H12FNO3S2. The van der Waals surface area contributed by atoms with Gasteiger partial charge in [-0.1, -0.05) is 19.1 Å². The van der Waals surface area contributed by atoms with Crippen LogP contribution >= 0.6 is 11.3 Å². The fraction of sp³-hybridized carbons (Fsp3) is 0.333. The summed E-state index contributed by atoms with van der Waals surface area (Å²) in [5.41, 5.74) is -2.03. The normalized spacial score (nSPS) is 13.6. The molecule has 1 unspecified atom stereocenters. The monoisotopic (exact) mass is 301 g/mol. The van der Waals surface area contributed by atoms with Crippen LogP contribution in [0, 0.1) is 0 Å². The van der Waals surface area contributed by atoms with Crippen molar-refractivity contribution in [3.63, 3.8) is 0 Å². The van der Waals surface area contributed by atoms with Gasteiger partial charge in [-0.2, -0.15) is 0 Å². The predicted octanol–water partition coefficient (Wildman–Crippen LogP) is 2.73. The van der Waals surface area contributed by atoms with Gasteiger partial charge in [-0.15, -0.1) is 11.3 Å². The van der Waals surface area contributed by atoms with Crippen LogP contribution in [-0.2, 0) is 14.6 Å².